The average molecular weight is 407 g/mol. The SMILES string of the molecule is CN(c1ccc(Cl)c(C(=O)Nc2cccc(C(F)(F)F)c2)c1)S(C)(=O)=O. The second-order valence-electron chi connectivity index (χ2n) is 5.43. The normalized spacial score (nSPS) is 11.9. The topological polar surface area (TPSA) is 66.5 Å². The Morgan fingerprint density at radius 2 is 1.81 bits per heavy atom. The molecule has 0 saturated carbocycles. The van der Waals surface area contributed by atoms with Crippen molar-refractivity contribution in [1.82, 2.24) is 0 Å². The van der Waals surface area contributed by atoms with E-state index in [1.807, 2.05) is 0 Å². The van der Waals surface area contributed by atoms with Crippen molar-refractivity contribution < 1.29 is 26.4 Å². The van der Waals surface area contributed by atoms with Crippen molar-refractivity contribution in [2.24, 2.45) is 0 Å². The molecule has 0 aliphatic heterocycles. The molecule has 0 saturated heterocycles. The molecule has 10 heteroatoms. The number of anilines is 2. The number of rotatable bonds is 4. The van der Waals surface area contributed by atoms with Crippen LogP contribution in [0, 0.1) is 0 Å². The maximum Gasteiger partial charge on any atom is 0.416 e. The van der Waals surface area contributed by atoms with Gasteiger partial charge < -0.3 is 5.32 Å². The summed E-state index contributed by atoms with van der Waals surface area (Å²) < 4.78 is 62.4. The smallest absolute Gasteiger partial charge is 0.322 e. The van der Waals surface area contributed by atoms with Gasteiger partial charge in [0.15, 0.2) is 0 Å². The quantitative estimate of drug-likeness (QED) is 0.834. The molecule has 0 aliphatic carbocycles. The van der Waals surface area contributed by atoms with Gasteiger partial charge in [0.05, 0.1) is 28.1 Å². The summed E-state index contributed by atoms with van der Waals surface area (Å²) in [6.07, 6.45) is -3.56. The van der Waals surface area contributed by atoms with E-state index in [0.29, 0.717) is 0 Å². The molecular formula is C16H14ClF3N2O3S. The van der Waals surface area contributed by atoms with Crippen LogP contribution in [0.2, 0.25) is 5.02 Å². The van der Waals surface area contributed by atoms with E-state index >= 15 is 0 Å². The van der Waals surface area contributed by atoms with E-state index in [4.69, 9.17) is 11.6 Å². The molecule has 26 heavy (non-hydrogen) atoms. The maximum absolute atomic E-state index is 12.7. The van der Waals surface area contributed by atoms with Gasteiger partial charge in [-0.1, -0.05) is 17.7 Å². The van der Waals surface area contributed by atoms with Crippen molar-refractivity contribution in [2.75, 3.05) is 22.9 Å². The van der Waals surface area contributed by atoms with Crippen molar-refractivity contribution in [1.29, 1.82) is 0 Å². The largest absolute Gasteiger partial charge is 0.416 e. The molecule has 5 nitrogen and oxygen atoms in total. The molecule has 1 N–H and O–H groups in total. The number of nitrogens with zero attached hydrogens (tertiary/aromatic N) is 1. The average Bonchev–Trinajstić information content (AvgIpc) is 2.53. The summed E-state index contributed by atoms with van der Waals surface area (Å²) in [5, 5.41) is 2.35. The molecule has 0 aliphatic rings. The summed E-state index contributed by atoms with van der Waals surface area (Å²) in [5.41, 5.74) is -0.863. The zero-order chi connectivity index (χ0) is 19.7. The first-order valence-electron chi connectivity index (χ1n) is 7.11. The van der Waals surface area contributed by atoms with Gasteiger partial charge in [-0.25, -0.2) is 8.42 Å². The summed E-state index contributed by atoms with van der Waals surface area (Å²) in [6, 6.07) is 8.11. The molecule has 0 aromatic heterocycles. The van der Waals surface area contributed by atoms with Crippen LogP contribution in [-0.2, 0) is 16.2 Å². The Morgan fingerprint density at radius 1 is 1.15 bits per heavy atom. The molecule has 0 unspecified atom stereocenters. The molecule has 0 fully saturated rings. The van der Waals surface area contributed by atoms with Crippen LogP contribution < -0.4 is 9.62 Å². The third-order valence-corrected chi connectivity index (χ3v) is 5.04. The first-order valence-corrected chi connectivity index (χ1v) is 9.34. The number of carbonyl (C=O) groups excluding carboxylic acids is 1. The second kappa shape index (κ2) is 7.16. The van der Waals surface area contributed by atoms with E-state index in [1.165, 1.54) is 31.3 Å². The highest BCUT2D eigenvalue weighted by Gasteiger charge is 2.30. The van der Waals surface area contributed by atoms with Gasteiger partial charge in [-0.15, -0.1) is 0 Å². The number of sulfonamides is 1. The number of halogens is 4. The molecule has 2 aromatic carbocycles. The fourth-order valence-corrected chi connectivity index (χ4v) is 2.75. The van der Waals surface area contributed by atoms with Crippen LogP contribution in [0.1, 0.15) is 15.9 Å². The Balaban J connectivity index is 2.33. The van der Waals surface area contributed by atoms with E-state index in [9.17, 15) is 26.4 Å². The van der Waals surface area contributed by atoms with Crippen LogP contribution in [0.3, 0.4) is 0 Å². The van der Waals surface area contributed by atoms with E-state index < -0.39 is 27.7 Å². The maximum atomic E-state index is 12.7. The number of benzene rings is 2. The van der Waals surface area contributed by atoms with Crippen molar-refractivity contribution in [3.63, 3.8) is 0 Å². The van der Waals surface area contributed by atoms with Crippen molar-refractivity contribution in [3.8, 4) is 0 Å². The lowest BCUT2D eigenvalue weighted by Crippen LogP contribution is -2.25. The molecule has 1 amide bonds. The lowest BCUT2D eigenvalue weighted by Gasteiger charge is -2.18. The Morgan fingerprint density at radius 3 is 2.38 bits per heavy atom. The van der Waals surface area contributed by atoms with Crippen molar-refractivity contribution in [3.05, 3.63) is 58.6 Å². The highest BCUT2D eigenvalue weighted by molar-refractivity contribution is 7.92. The number of carbonyl (C=O) groups is 1. The van der Waals surface area contributed by atoms with Gasteiger partial charge in [0.2, 0.25) is 10.0 Å². The van der Waals surface area contributed by atoms with Gasteiger partial charge in [-0.3, -0.25) is 9.10 Å². The van der Waals surface area contributed by atoms with Crippen LogP contribution in [0.4, 0.5) is 24.5 Å². The number of hydrogen-bond acceptors (Lipinski definition) is 3. The fourth-order valence-electron chi connectivity index (χ4n) is 2.05. The lowest BCUT2D eigenvalue weighted by molar-refractivity contribution is -0.137. The summed E-state index contributed by atoms with van der Waals surface area (Å²) in [7, 11) is -2.26. The zero-order valence-electron chi connectivity index (χ0n) is 13.6. The third-order valence-electron chi connectivity index (χ3n) is 3.50. The van der Waals surface area contributed by atoms with E-state index in [-0.39, 0.29) is 22.0 Å². The molecule has 0 heterocycles. The van der Waals surface area contributed by atoms with Crippen LogP contribution in [0.5, 0.6) is 0 Å². The van der Waals surface area contributed by atoms with Gasteiger partial charge in [-0.2, -0.15) is 13.2 Å². The molecular weight excluding hydrogens is 393 g/mol. The fraction of sp³-hybridized carbons (Fsp3) is 0.188. The number of amides is 1. The lowest BCUT2D eigenvalue weighted by atomic mass is 10.1. The standard InChI is InChI=1S/C16H14ClF3N2O3S/c1-22(26(2,24)25)12-6-7-14(17)13(9-12)15(23)21-11-5-3-4-10(8-11)16(18,19)20/h3-9H,1-2H3,(H,21,23). The van der Waals surface area contributed by atoms with Gasteiger partial charge >= 0.3 is 6.18 Å². The highest BCUT2D eigenvalue weighted by atomic mass is 35.5. The predicted octanol–water partition coefficient (Wildman–Crippen LogP) is 4.01. The summed E-state index contributed by atoms with van der Waals surface area (Å²) >= 11 is 5.97. The molecule has 0 bridgehead atoms. The Labute approximate surface area is 153 Å². The first-order chi connectivity index (χ1) is 11.9. The Bertz CT molecular complexity index is 946. The molecule has 0 atom stereocenters. The Kier molecular flexibility index (Phi) is 5.52. The number of nitrogens with one attached hydrogen (secondary N) is 1. The van der Waals surface area contributed by atoms with Gasteiger partial charge in [0, 0.05) is 12.7 Å². The minimum Gasteiger partial charge on any atom is -0.322 e. The van der Waals surface area contributed by atoms with E-state index in [2.05, 4.69) is 5.32 Å². The third kappa shape index (κ3) is 4.67. The van der Waals surface area contributed by atoms with Crippen molar-refractivity contribution >= 4 is 38.9 Å². The minimum atomic E-state index is -4.55. The number of alkyl halides is 3. The van der Waals surface area contributed by atoms with Gasteiger partial charge in [0.25, 0.3) is 5.91 Å². The molecule has 0 radical (unpaired) electrons. The second-order valence-corrected chi connectivity index (χ2v) is 7.85. The van der Waals surface area contributed by atoms with E-state index in [1.54, 1.807) is 0 Å². The first kappa shape index (κ1) is 20.1. The minimum absolute atomic E-state index is 0.0279. The molecule has 140 valence electrons. The number of hydrogen-bond donors (Lipinski definition) is 1. The molecule has 2 rings (SSSR count). The van der Waals surface area contributed by atoms with Crippen molar-refractivity contribution in [2.45, 2.75) is 6.18 Å². The van der Waals surface area contributed by atoms with Gasteiger partial charge in [0.1, 0.15) is 0 Å². The van der Waals surface area contributed by atoms with Crippen LogP contribution >= 0.6 is 11.6 Å². The molecule has 0 spiro atoms. The molecule has 2 aromatic rings. The summed E-state index contributed by atoms with van der Waals surface area (Å²) in [4.78, 5) is 12.4. The van der Waals surface area contributed by atoms with Crippen LogP contribution in [-0.4, -0.2) is 27.6 Å². The zero-order valence-corrected chi connectivity index (χ0v) is 15.2. The predicted molar refractivity (Wildman–Crippen MR) is 94.1 cm³/mol. The van der Waals surface area contributed by atoms with Crippen LogP contribution in [0.25, 0.3) is 0 Å². The monoisotopic (exact) mass is 406 g/mol. The summed E-state index contributed by atoms with van der Waals surface area (Å²) in [5.74, 6) is -0.766. The Hall–Kier alpha value is -2.26. The van der Waals surface area contributed by atoms with E-state index in [0.717, 1.165) is 28.8 Å². The highest BCUT2D eigenvalue weighted by Crippen LogP contribution is 2.31. The van der Waals surface area contributed by atoms with Crippen LogP contribution in [0.15, 0.2) is 42.5 Å². The van der Waals surface area contributed by atoms with Gasteiger partial charge in [-0.05, 0) is 36.4 Å². The summed E-state index contributed by atoms with van der Waals surface area (Å²) in [6.45, 7) is 0.